The number of imidazole rings is 1. The number of nitrogens with one attached hydrogen (secondary N) is 1. The Labute approximate surface area is 168 Å². The lowest BCUT2D eigenvalue weighted by Gasteiger charge is -2.32. The van der Waals surface area contributed by atoms with Gasteiger partial charge in [0.1, 0.15) is 5.75 Å². The van der Waals surface area contributed by atoms with Crippen LogP contribution in [0, 0.1) is 0 Å². The number of anilines is 2. The van der Waals surface area contributed by atoms with E-state index in [1.165, 1.54) is 0 Å². The molecule has 1 unspecified atom stereocenters. The van der Waals surface area contributed by atoms with E-state index in [9.17, 15) is 9.59 Å². The van der Waals surface area contributed by atoms with E-state index in [-0.39, 0.29) is 18.2 Å². The van der Waals surface area contributed by atoms with Crippen LogP contribution in [0.3, 0.4) is 0 Å². The maximum Gasteiger partial charge on any atom is 0.267 e. The van der Waals surface area contributed by atoms with Crippen LogP contribution >= 0.6 is 0 Å². The lowest BCUT2D eigenvalue weighted by atomic mass is 10.1. The Morgan fingerprint density at radius 2 is 2.07 bits per heavy atom. The van der Waals surface area contributed by atoms with Crippen molar-refractivity contribution in [2.45, 2.75) is 26.0 Å². The first-order valence-corrected chi connectivity index (χ1v) is 9.52. The first kappa shape index (κ1) is 18.7. The molecule has 0 aliphatic carbocycles. The number of hydrogen-bond donors (Lipinski definition) is 1. The number of para-hydroxylation sites is 2. The molecule has 1 aliphatic rings. The van der Waals surface area contributed by atoms with E-state index in [1.54, 1.807) is 24.3 Å². The Bertz CT molecular complexity index is 1020. The van der Waals surface area contributed by atoms with Crippen molar-refractivity contribution >= 4 is 23.2 Å². The van der Waals surface area contributed by atoms with Crippen LogP contribution < -0.4 is 15.0 Å². The van der Waals surface area contributed by atoms with Gasteiger partial charge in [0.25, 0.3) is 5.91 Å². The highest BCUT2D eigenvalue weighted by atomic mass is 16.5. The molecule has 1 aromatic heterocycles. The van der Waals surface area contributed by atoms with Gasteiger partial charge in [-0.3, -0.25) is 9.59 Å². The molecule has 7 heteroatoms. The lowest BCUT2D eigenvalue weighted by Crippen LogP contribution is -2.45. The van der Waals surface area contributed by atoms with Crippen molar-refractivity contribution in [2.75, 3.05) is 16.8 Å². The predicted molar refractivity (Wildman–Crippen MR) is 110 cm³/mol. The topological polar surface area (TPSA) is 76.5 Å². The van der Waals surface area contributed by atoms with Crippen molar-refractivity contribution in [1.29, 1.82) is 0 Å². The summed E-state index contributed by atoms with van der Waals surface area (Å²) in [7, 11) is 0. The fraction of sp³-hybridized carbons (Fsp3) is 0.227. The highest BCUT2D eigenvalue weighted by molar-refractivity contribution is 6.00. The Hall–Kier alpha value is -3.61. The van der Waals surface area contributed by atoms with Crippen molar-refractivity contribution in [3.63, 3.8) is 0 Å². The minimum Gasteiger partial charge on any atom is -0.479 e. The zero-order valence-electron chi connectivity index (χ0n) is 16.1. The van der Waals surface area contributed by atoms with Crippen molar-refractivity contribution in [3.8, 4) is 5.75 Å². The Kier molecular flexibility index (Phi) is 5.29. The van der Waals surface area contributed by atoms with Crippen LogP contribution in [-0.4, -0.2) is 34.0 Å². The van der Waals surface area contributed by atoms with Gasteiger partial charge in [-0.05, 0) is 36.8 Å². The number of carbonyl (C=O) groups excluding carboxylic acids is 2. The molecule has 7 nitrogen and oxygen atoms in total. The summed E-state index contributed by atoms with van der Waals surface area (Å²) in [6.45, 7) is 2.70. The van der Waals surface area contributed by atoms with Gasteiger partial charge in [0.2, 0.25) is 5.91 Å². The van der Waals surface area contributed by atoms with Crippen LogP contribution in [0.1, 0.15) is 18.9 Å². The maximum absolute atomic E-state index is 12.5. The number of rotatable bonds is 6. The SMILES string of the molecule is CC1Oc2ccccc2N(CCC(=O)Nc2cccc(Cn3ccnc3)c2)C1=O. The minimum atomic E-state index is -0.562. The molecular formula is C22H22N4O3. The molecule has 0 fully saturated rings. The zero-order valence-corrected chi connectivity index (χ0v) is 16.1. The molecule has 1 atom stereocenters. The largest absolute Gasteiger partial charge is 0.479 e. The summed E-state index contributed by atoms with van der Waals surface area (Å²) in [5.41, 5.74) is 2.49. The first-order chi connectivity index (χ1) is 14.1. The van der Waals surface area contributed by atoms with Crippen molar-refractivity contribution in [2.24, 2.45) is 0 Å². The molecule has 4 rings (SSSR count). The second-order valence-electron chi connectivity index (χ2n) is 6.95. The molecule has 2 aromatic carbocycles. The third-order valence-corrected chi connectivity index (χ3v) is 4.77. The summed E-state index contributed by atoms with van der Waals surface area (Å²) in [5, 5.41) is 2.92. The fourth-order valence-electron chi connectivity index (χ4n) is 3.36. The molecule has 0 radical (unpaired) electrons. The van der Waals surface area contributed by atoms with Gasteiger partial charge >= 0.3 is 0 Å². The monoisotopic (exact) mass is 390 g/mol. The number of benzene rings is 2. The lowest BCUT2D eigenvalue weighted by molar-refractivity contribution is -0.125. The molecule has 0 spiro atoms. The second kappa shape index (κ2) is 8.18. The highest BCUT2D eigenvalue weighted by Gasteiger charge is 2.31. The molecule has 0 saturated heterocycles. The van der Waals surface area contributed by atoms with Gasteiger partial charge in [-0.1, -0.05) is 24.3 Å². The molecular weight excluding hydrogens is 368 g/mol. The third kappa shape index (κ3) is 4.29. The van der Waals surface area contributed by atoms with E-state index < -0.39 is 6.10 Å². The Balaban J connectivity index is 1.39. The van der Waals surface area contributed by atoms with Crippen LogP contribution in [0.15, 0.2) is 67.3 Å². The smallest absolute Gasteiger partial charge is 0.267 e. The number of nitrogens with zero attached hydrogens (tertiary/aromatic N) is 3. The van der Waals surface area contributed by atoms with E-state index in [1.807, 2.05) is 59.3 Å². The molecule has 1 aliphatic heterocycles. The molecule has 0 bridgehead atoms. The minimum absolute atomic E-state index is 0.140. The third-order valence-electron chi connectivity index (χ3n) is 4.77. The quantitative estimate of drug-likeness (QED) is 0.702. The molecule has 3 aromatic rings. The predicted octanol–water partition coefficient (Wildman–Crippen LogP) is 3.07. The molecule has 0 saturated carbocycles. The zero-order chi connectivity index (χ0) is 20.2. The van der Waals surface area contributed by atoms with Gasteiger partial charge in [-0.15, -0.1) is 0 Å². The van der Waals surface area contributed by atoms with Gasteiger partial charge in [-0.25, -0.2) is 4.98 Å². The van der Waals surface area contributed by atoms with Crippen LogP contribution in [0.2, 0.25) is 0 Å². The summed E-state index contributed by atoms with van der Waals surface area (Å²) in [6.07, 6.45) is 5.01. The van der Waals surface area contributed by atoms with Gasteiger partial charge < -0.3 is 19.5 Å². The number of carbonyl (C=O) groups is 2. The summed E-state index contributed by atoms with van der Waals surface area (Å²) in [4.78, 5) is 30.7. The second-order valence-corrected chi connectivity index (χ2v) is 6.95. The normalized spacial score (nSPS) is 15.6. The standard InChI is InChI=1S/C22H22N4O3/c1-16-22(28)26(19-7-2-3-8-20(19)29-16)11-9-21(27)24-18-6-4-5-17(13-18)14-25-12-10-23-15-25/h2-8,10,12-13,15-16H,9,11,14H2,1H3,(H,24,27). The number of ether oxygens (including phenoxy) is 1. The number of fused-ring (bicyclic) bond motifs is 1. The molecule has 2 heterocycles. The van der Waals surface area contributed by atoms with Crippen molar-refractivity contribution in [3.05, 3.63) is 72.8 Å². The Morgan fingerprint density at radius 3 is 2.90 bits per heavy atom. The van der Waals surface area contributed by atoms with Crippen molar-refractivity contribution < 1.29 is 14.3 Å². The first-order valence-electron chi connectivity index (χ1n) is 9.52. The summed E-state index contributed by atoms with van der Waals surface area (Å²) in [6, 6.07) is 15.1. The number of hydrogen-bond acceptors (Lipinski definition) is 4. The summed E-state index contributed by atoms with van der Waals surface area (Å²) < 4.78 is 7.60. The molecule has 1 N–H and O–H groups in total. The van der Waals surface area contributed by atoms with Crippen LogP contribution in [0.5, 0.6) is 5.75 Å². The molecule has 2 amide bonds. The van der Waals surface area contributed by atoms with Gasteiger partial charge in [0.05, 0.1) is 12.0 Å². The van der Waals surface area contributed by atoms with E-state index in [0.717, 1.165) is 11.3 Å². The average molecular weight is 390 g/mol. The van der Waals surface area contributed by atoms with E-state index in [4.69, 9.17) is 4.74 Å². The Morgan fingerprint density at radius 1 is 1.21 bits per heavy atom. The number of amides is 2. The van der Waals surface area contributed by atoms with Gasteiger partial charge in [0.15, 0.2) is 6.10 Å². The summed E-state index contributed by atoms with van der Waals surface area (Å²) in [5.74, 6) is 0.375. The van der Waals surface area contributed by atoms with Crippen LogP contribution in [-0.2, 0) is 16.1 Å². The molecule has 148 valence electrons. The molecule has 29 heavy (non-hydrogen) atoms. The summed E-state index contributed by atoms with van der Waals surface area (Å²) >= 11 is 0. The van der Waals surface area contributed by atoms with E-state index in [2.05, 4.69) is 10.3 Å². The maximum atomic E-state index is 12.5. The average Bonchev–Trinajstić information content (AvgIpc) is 3.21. The van der Waals surface area contributed by atoms with E-state index >= 15 is 0 Å². The van der Waals surface area contributed by atoms with Crippen LogP contribution in [0.25, 0.3) is 0 Å². The van der Waals surface area contributed by atoms with E-state index in [0.29, 0.717) is 24.5 Å². The van der Waals surface area contributed by atoms with Gasteiger partial charge in [0, 0.05) is 37.6 Å². The highest BCUT2D eigenvalue weighted by Crippen LogP contribution is 2.33. The van der Waals surface area contributed by atoms with Crippen LogP contribution in [0.4, 0.5) is 11.4 Å². The number of aromatic nitrogens is 2. The van der Waals surface area contributed by atoms with Crippen molar-refractivity contribution in [1.82, 2.24) is 9.55 Å². The fourth-order valence-corrected chi connectivity index (χ4v) is 3.36. The van der Waals surface area contributed by atoms with Gasteiger partial charge in [-0.2, -0.15) is 0 Å².